The maximum Gasteiger partial charge on any atom is 0.233 e. The molecule has 2 aromatic carbocycles. The van der Waals surface area contributed by atoms with Gasteiger partial charge in [-0.25, -0.2) is 8.78 Å². The van der Waals surface area contributed by atoms with Gasteiger partial charge in [0.2, 0.25) is 5.91 Å². The fourth-order valence-corrected chi connectivity index (χ4v) is 3.16. The molecule has 0 aliphatic rings. The quantitative estimate of drug-likeness (QED) is 0.881. The van der Waals surface area contributed by atoms with Gasteiger partial charge in [0, 0.05) is 17.0 Å². The Morgan fingerprint density at radius 1 is 1.13 bits per heavy atom. The van der Waals surface area contributed by atoms with Crippen molar-refractivity contribution in [3.63, 3.8) is 0 Å². The summed E-state index contributed by atoms with van der Waals surface area (Å²) in [5.41, 5.74) is 0.902. The van der Waals surface area contributed by atoms with E-state index in [9.17, 15) is 17.8 Å². The molecule has 0 radical (unpaired) electrons. The van der Waals surface area contributed by atoms with Crippen LogP contribution in [0, 0.1) is 18.6 Å². The van der Waals surface area contributed by atoms with Crippen LogP contribution in [0.4, 0.5) is 8.78 Å². The minimum atomic E-state index is -1.44. The molecule has 1 amide bonds. The molecule has 0 saturated heterocycles. The maximum atomic E-state index is 13.4. The van der Waals surface area contributed by atoms with Crippen molar-refractivity contribution in [2.75, 3.05) is 12.3 Å². The molecule has 0 aromatic heterocycles. The molecule has 1 N–H and O–H groups in total. The summed E-state index contributed by atoms with van der Waals surface area (Å²) in [4.78, 5) is 12.4. The highest BCUT2D eigenvalue weighted by atomic mass is 32.2. The van der Waals surface area contributed by atoms with Crippen LogP contribution in [0.5, 0.6) is 0 Å². The Hall–Kier alpha value is -2.08. The average Bonchev–Trinajstić information content (AvgIpc) is 2.50. The number of carbonyl (C=O) groups excluding carboxylic acids is 1. The van der Waals surface area contributed by atoms with Gasteiger partial charge in [0.15, 0.2) is 0 Å². The fraction of sp³-hybridized carbons (Fsp3) is 0.235. The predicted molar refractivity (Wildman–Crippen MR) is 85.5 cm³/mol. The predicted octanol–water partition coefficient (Wildman–Crippen LogP) is 2.74. The van der Waals surface area contributed by atoms with Crippen LogP contribution in [0.15, 0.2) is 47.4 Å². The van der Waals surface area contributed by atoms with Crippen LogP contribution in [0.3, 0.4) is 0 Å². The second kappa shape index (κ2) is 7.97. The van der Waals surface area contributed by atoms with E-state index in [0.717, 1.165) is 5.56 Å². The number of hydrogen-bond donors (Lipinski definition) is 1. The monoisotopic (exact) mass is 337 g/mol. The Morgan fingerprint density at radius 2 is 1.78 bits per heavy atom. The van der Waals surface area contributed by atoms with E-state index in [4.69, 9.17) is 0 Å². The summed E-state index contributed by atoms with van der Waals surface area (Å²) in [6, 6.07) is 10.8. The zero-order valence-electron chi connectivity index (χ0n) is 12.6. The molecular weight excluding hydrogens is 320 g/mol. The Morgan fingerprint density at radius 3 is 2.43 bits per heavy atom. The third-order valence-corrected chi connectivity index (χ3v) is 4.58. The van der Waals surface area contributed by atoms with Crippen LogP contribution in [0.25, 0.3) is 0 Å². The molecule has 23 heavy (non-hydrogen) atoms. The Kier molecular flexibility index (Phi) is 5.98. The molecule has 122 valence electrons. The molecule has 0 spiro atoms. The lowest BCUT2D eigenvalue weighted by molar-refractivity contribution is -0.118. The van der Waals surface area contributed by atoms with Gasteiger partial charge in [0.05, 0.1) is 10.8 Å². The molecule has 6 heteroatoms. The van der Waals surface area contributed by atoms with Gasteiger partial charge in [-0.05, 0) is 43.2 Å². The molecule has 0 aliphatic heterocycles. The molecule has 1 atom stereocenters. The van der Waals surface area contributed by atoms with Gasteiger partial charge in [0.25, 0.3) is 0 Å². The van der Waals surface area contributed by atoms with Crippen LogP contribution < -0.4 is 5.32 Å². The number of benzene rings is 2. The third kappa shape index (κ3) is 4.96. The molecule has 0 aliphatic carbocycles. The van der Waals surface area contributed by atoms with Gasteiger partial charge >= 0.3 is 0 Å². The van der Waals surface area contributed by atoms with Gasteiger partial charge in [-0.3, -0.25) is 9.00 Å². The summed E-state index contributed by atoms with van der Waals surface area (Å²) in [6.07, 6.45) is 0.0430. The minimum Gasteiger partial charge on any atom is -0.355 e. The minimum absolute atomic E-state index is 0.0430. The molecule has 0 bridgehead atoms. The fourth-order valence-electron chi connectivity index (χ4n) is 2.11. The normalized spacial score (nSPS) is 12.0. The van der Waals surface area contributed by atoms with Gasteiger partial charge < -0.3 is 5.32 Å². The number of rotatable bonds is 6. The summed E-state index contributed by atoms with van der Waals surface area (Å²) in [5.74, 6) is -1.87. The average molecular weight is 337 g/mol. The molecule has 0 heterocycles. The topological polar surface area (TPSA) is 46.2 Å². The third-order valence-electron chi connectivity index (χ3n) is 3.27. The van der Waals surface area contributed by atoms with E-state index < -0.39 is 28.3 Å². The van der Waals surface area contributed by atoms with Gasteiger partial charge in [-0.2, -0.15) is 0 Å². The Labute approximate surface area is 136 Å². The lowest BCUT2D eigenvalue weighted by Gasteiger charge is -2.07. The van der Waals surface area contributed by atoms with Gasteiger partial charge in [-0.15, -0.1) is 0 Å². The number of aryl methyl sites for hydroxylation is 1. The smallest absolute Gasteiger partial charge is 0.233 e. The van der Waals surface area contributed by atoms with E-state index in [2.05, 4.69) is 5.32 Å². The lowest BCUT2D eigenvalue weighted by atomic mass is 10.1. The molecule has 0 unspecified atom stereocenters. The van der Waals surface area contributed by atoms with Crippen LogP contribution in [-0.2, 0) is 22.0 Å². The first-order chi connectivity index (χ1) is 11.0. The highest BCUT2D eigenvalue weighted by Gasteiger charge is 2.12. The largest absolute Gasteiger partial charge is 0.355 e. The van der Waals surface area contributed by atoms with E-state index in [1.54, 1.807) is 18.2 Å². The Balaban J connectivity index is 1.85. The zero-order chi connectivity index (χ0) is 16.8. The highest BCUT2D eigenvalue weighted by Crippen LogP contribution is 2.12. The second-order valence-electron chi connectivity index (χ2n) is 5.11. The van der Waals surface area contributed by atoms with Crippen molar-refractivity contribution in [3.8, 4) is 0 Å². The van der Waals surface area contributed by atoms with Crippen LogP contribution in [-0.4, -0.2) is 22.4 Å². The SMILES string of the molecule is Cc1cccc([S@](=O)CC(=O)NCCc2c(F)cccc2F)c1. The summed E-state index contributed by atoms with van der Waals surface area (Å²) in [6.45, 7) is 1.96. The summed E-state index contributed by atoms with van der Waals surface area (Å²) in [7, 11) is -1.44. The standard InChI is InChI=1S/C17H17F2NO2S/c1-12-4-2-5-13(10-12)23(22)11-17(21)20-9-8-14-15(18)6-3-7-16(14)19/h2-7,10H,8-9,11H2,1H3,(H,20,21)/t23-/m1/s1. The van der Waals surface area contributed by atoms with Gasteiger partial charge in [-0.1, -0.05) is 18.2 Å². The van der Waals surface area contributed by atoms with Crippen molar-refractivity contribution in [2.24, 2.45) is 0 Å². The second-order valence-corrected chi connectivity index (χ2v) is 6.56. The first-order valence-electron chi connectivity index (χ1n) is 7.12. The number of hydrogen-bond acceptors (Lipinski definition) is 2. The lowest BCUT2D eigenvalue weighted by Crippen LogP contribution is -2.30. The maximum absolute atomic E-state index is 13.4. The molecular formula is C17H17F2NO2S. The number of nitrogens with one attached hydrogen (secondary N) is 1. The van der Waals surface area contributed by atoms with Crippen molar-refractivity contribution in [3.05, 3.63) is 65.2 Å². The van der Waals surface area contributed by atoms with E-state index in [1.165, 1.54) is 18.2 Å². The van der Waals surface area contributed by atoms with Crippen molar-refractivity contribution in [1.29, 1.82) is 0 Å². The highest BCUT2D eigenvalue weighted by molar-refractivity contribution is 7.85. The number of amides is 1. The van der Waals surface area contributed by atoms with E-state index in [1.807, 2.05) is 13.0 Å². The number of halogens is 2. The van der Waals surface area contributed by atoms with E-state index in [-0.39, 0.29) is 24.3 Å². The summed E-state index contributed by atoms with van der Waals surface area (Å²) < 4.78 is 39.0. The van der Waals surface area contributed by atoms with Crippen LogP contribution in [0.2, 0.25) is 0 Å². The van der Waals surface area contributed by atoms with Crippen molar-refractivity contribution >= 4 is 16.7 Å². The molecule has 0 saturated carbocycles. The van der Waals surface area contributed by atoms with E-state index >= 15 is 0 Å². The van der Waals surface area contributed by atoms with Crippen LogP contribution >= 0.6 is 0 Å². The van der Waals surface area contributed by atoms with Crippen molar-refractivity contribution in [1.82, 2.24) is 5.32 Å². The van der Waals surface area contributed by atoms with Crippen molar-refractivity contribution < 1.29 is 17.8 Å². The Bertz CT molecular complexity index is 714. The first-order valence-corrected chi connectivity index (χ1v) is 8.44. The summed E-state index contributed by atoms with van der Waals surface area (Å²) >= 11 is 0. The zero-order valence-corrected chi connectivity index (χ0v) is 13.5. The molecule has 2 aromatic rings. The van der Waals surface area contributed by atoms with Gasteiger partial charge in [0.1, 0.15) is 17.4 Å². The molecule has 0 fully saturated rings. The molecule has 2 rings (SSSR count). The van der Waals surface area contributed by atoms with Crippen molar-refractivity contribution in [2.45, 2.75) is 18.2 Å². The van der Waals surface area contributed by atoms with Crippen LogP contribution in [0.1, 0.15) is 11.1 Å². The summed E-state index contributed by atoms with van der Waals surface area (Å²) in [5, 5.41) is 2.54. The molecule has 3 nitrogen and oxygen atoms in total. The number of carbonyl (C=O) groups is 1. The first kappa shape index (κ1) is 17.3. The van der Waals surface area contributed by atoms with E-state index in [0.29, 0.717) is 4.90 Å².